The van der Waals surface area contributed by atoms with Gasteiger partial charge in [0.2, 0.25) is 5.89 Å². The molecule has 7 heteroatoms. The minimum absolute atomic E-state index is 0.00482. The van der Waals surface area contributed by atoms with Gasteiger partial charge >= 0.3 is 6.03 Å². The van der Waals surface area contributed by atoms with E-state index in [1.54, 1.807) is 6.26 Å². The Kier molecular flexibility index (Phi) is 4.23. The highest BCUT2D eigenvalue weighted by Crippen LogP contribution is 2.38. The van der Waals surface area contributed by atoms with Gasteiger partial charge in [0.1, 0.15) is 5.76 Å². The van der Waals surface area contributed by atoms with Crippen LogP contribution in [0.15, 0.2) is 27.3 Å². The number of rotatable bonds is 4. The van der Waals surface area contributed by atoms with Gasteiger partial charge in [0.25, 0.3) is 0 Å². The molecule has 2 aromatic heterocycles. The molecule has 4 rings (SSSR count). The molecule has 0 aromatic carbocycles. The number of carbonyl (C=O) groups is 1. The molecule has 7 nitrogen and oxygen atoms in total. The summed E-state index contributed by atoms with van der Waals surface area (Å²) in [5.74, 6) is 2.51. The zero-order valence-electron chi connectivity index (χ0n) is 13.6. The van der Waals surface area contributed by atoms with Gasteiger partial charge in [0.05, 0.1) is 18.8 Å². The van der Waals surface area contributed by atoms with Crippen LogP contribution in [0.2, 0.25) is 0 Å². The third-order valence-corrected chi connectivity index (χ3v) is 4.69. The van der Waals surface area contributed by atoms with Crippen LogP contribution >= 0.6 is 0 Å². The molecule has 0 bridgehead atoms. The molecule has 1 saturated carbocycles. The molecule has 2 aromatic rings. The van der Waals surface area contributed by atoms with Gasteiger partial charge in [-0.2, -0.15) is 4.98 Å². The van der Waals surface area contributed by atoms with Crippen molar-refractivity contribution in [3.63, 3.8) is 0 Å². The summed E-state index contributed by atoms with van der Waals surface area (Å²) in [6, 6.07) is 3.71. The fraction of sp³-hybridized carbons (Fsp3) is 0.588. The summed E-state index contributed by atoms with van der Waals surface area (Å²) in [6.45, 7) is 1.02. The van der Waals surface area contributed by atoms with Crippen LogP contribution in [0.5, 0.6) is 0 Å². The number of urea groups is 1. The summed E-state index contributed by atoms with van der Waals surface area (Å²) in [5, 5.41) is 6.87. The van der Waals surface area contributed by atoms with E-state index in [1.807, 2.05) is 17.0 Å². The average Bonchev–Trinajstić information content (AvgIpc) is 3.19. The van der Waals surface area contributed by atoms with Crippen molar-refractivity contribution in [2.45, 2.75) is 57.0 Å². The molecule has 1 saturated heterocycles. The highest BCUT2D eigenvalue weighted by molar-refractivity contribution is 5.74. The van der Waals surface area contributed by atoms with E-state index in [9.17, 15) is 4.79 Å². The Morgan fingerprint density at radius 2 is 2.21 bits per heavy atom. The first kappa shape index (κ1) is 15.2. The van der Waals surface area contributed by atoms with Crippen LogP contribution in [-0.4, -0.2) is 27.6 Å². The van der Waals surface area contributed by atoms with E-state index in [0.29, 0.717) is 17.6 Å². The van der Waals surface area contributed by atoms with Gasteiger partial charge in [0, 0.05) is 12.5 Å². The van der Waals surface area contributed by atoms with E-state index in [2.05, 4.69) is 15.5 Å². The summed E-state index contributed by atoms with van der Waals surface area (Å²) in [5.41, 5.74) is 0. The number of aromatic nitrogens is 2. The van der Waals surface area contributed by atoms with Crippen molar-refractivity contribution < 1.29 is 13.7 Å². The van der Waals surface area contributed by atoms with Gasteiger partial charge in [-0.15, -0.1) is 0 Å². The highest BCUT2D eigenvalue weighted by Gasteiger charge is 2.30. The first-order valence-corrected chi connectivity index (χ1v) is 8.71. The van der Waals surface area contributed by atoms with Crippen LogP contribution in [0.1, 0.15) is 68.0 Å². The summed E-state index contributed by atoms with van der Waals surface area (Å²) in [7, 11) is 0. The molecule has 0 unspecified atom stereocenters. The van der Waals surface area contributed by atoms with Crippen molar-refractivity contribution in [2.75, 3.05) is 6.54 Å². The number of hydrogen-bond donors (Lipinski definition) is 1. The van der Waals surface area contributed by atoms with Gasteiger partial charge < -0.3 is 19.2 Å². The van der Waals surface area contributed by atoms with Crippen LogP contribution in [-0.2, 0) is 6.54 Å². The predicted molar refractivity (Wildman–Crippen MR) is 85.1 cm³/mol. The standard InChI is InChI=1S/C17H22N4O3/c22-17(18-11-15-19-16(24-20-15)12-7-8-12)21-9-3-1-2-5-13(21)14-6-4-10-23-14/h4,6,10,12-13H,1-3,5,7-9,11H2,(H,18,22)/t13-/m1/s1. The lowest BCUT2D eigenvalue weighted by Crippen LogP contribution is -2.42. The van der Waals surface area contributed by atoms with Gasteiger partial charge in [-0.3, -0.25) is 0 Å². The van der Waals surface area contributed by atoms with E-state index in [0.717, 1.165) is 50.8 Å². The Morgan fingerprint density at radius 1 is 1.29 bits per heavy atom. The molecule has 24 heavy (non-hydrogen) atoms. The molecule has 1 aliphatic carbocycles. The van der Waals surface area contributed by atoms with E-state index in [4.69, 9.17) is 8.94 Å². The van der Waals surface area contributed by atoms with Gasteiger partial charge in [0.15, 0.2) is 5.82 Å². The largest absolute Gasteiger partial charge is 0.467 e. The van der Waals surface area contributed by atoms with Crippen LogP contribution in [0.25, 0.3) is 0 Å². The minimum Gasteiger partial charge on any atom is -0.467 e. The number of nitrogens with one attached hydrogen (secondary N) is 1. The number of likely N-dealkylation sites (tertiary alicyclic amines) is 1. The quantitative estimate of drug-likeness (QED) is 0.929. The Hall–Kier alpha value is -2.31. The maximum absolute atomic E-state index is 12.7. The first-order valence-electron chi connectivity index (χ1n) is 8.71. The molecule has 1 aliphatic heterocycles. The molecule has 128 valence electrons. The van der Waals surface area contributed by atoms with Crippen LogP contribution in [0.3, 0.4) is 0 Å². The number of furan rings is 1. The van der Waals surface area contributed by atoms with Crippen LogP contribution < -0.4 is 5.32 Å². The van der Waals surface area contributed by atoms with Crippen molar-refractivity contribution in [3.05, 3.63) is 35.9 Å². The van der Waals surface area contributed by atoms with Crippen molar-refractivity contribution in [1.82, 2.24) is 20.4 Å². The molecular formula is C17H22N4O3. The smallest absolute Gasteiger partial charge is 0.318 e. The maximum Gasteiger partial charge on any atom is 0.318 e. The van der Waals surface area contributed by atoms with Crippen molar-refractivity contribution >= 4 is 6.03 Å². The molecule has 0 radical (unpaired) electrons. The van der Waals surface area contributed by atoms with Crippen molar-refractivity contribution in [2.24, 2.45) is 0 Å². The molecule has 2 fully saturated rings. The molecular weight excluding hydrogens is 308 g/mol. The zero-order valence-corrected chi connectivity index (χ0v) is 13.6. The second-order valence-corrected chi connectivity index (χ2v) is 6.56. The average molecular weight is 330 g/mol. The Labute approximate surface area is 140 Å². The lowest BCUT2D eigenvalue weighted by Gasteiger charge is -2.28. The predicted octanol–water partition coefficient (Wildman–Crippen LogP) is 3.37. The number of hydrogen-bond acceptors (Lipinski definition) is 5. The number of amides is 2. The van der Waals surface area contributed by atoms with Crippen molar-refractivity contribution in [3.8, 4) is 0 Å². The second-order valence-electron chi connectivity index (χ2n) is 6.56. The Balaban J connectivity index is 1.40. The minimum atomic E-state index is -0.101. The zero-order chi connectivity index (χ0) is 16.4. The van der Waals surface area contributed by atoms with Crippen LogP contribution in [0, 0.1) is 0 Å². The maximum atomic E-state index is 12.7. The topological polar surface area (TPSA) is 84.4 Å². The fourth-order valence-corrected chi connectivity index (χ4v) is 3.22. The van der Waals surface area contributed by atoms with Crippen LogP contribution in [0.4, 0.5) is 4.79 Å². The van der Waals surface area contributed by atoms with E-state index in [-0.39, 0.29) is 18.6 Å². The molecule has 1 N–H and O–H groups in total. The van der Waals surface area contributed by atoms with E-state index in [1.165, 1.54) is 0 Å². The van der Waals surface area contributed by atoms with Gasteiger partial charge in [-0.1, -0.05) is 18.0 Å². The summed E-state index contributed by atoms with van der Waals surface area (Å²) >= 11 is 0. The Bertz CT molecular complexity index is 678. The lowest BCUT2D eigenvalue weighted by atomic mass is 10.1. The molecule has 1 atom stereocenters. The van der Waals surface area contributed by atoms with Gasteiger partial charge in [-0.25, -0.2) is 4.79 Å². The first-order chi connectivity index (χ1) is 11.8. The second kappa shape index (κ2) is 6.67. The molecule has 3 heterocycles. The monoisotopic (exact) mass is 330 g/mol. The molecule has 2 aliphatic rings. The Morgan fingerprint density at radius 3 is 3.00 bits per heavy atom. The summed E-state index contributed by atoms with van der Waals surface area (Å²) in [4.78, 5) is 18.9. The SMILES string of the molecule is O=C(NCc1noc(C2CC2)n1)N1CCCCC[C@@H]1c1ccco1. The number of carbonyl (C=O) groups excluding carboxylic acids is 1. The van der Waals surface area contributed by atoms with Gasteiger partial charge in [-0.05, 0) is 37.8 Å². The lowest BCUT2D eigenvalue weighted by molar-refractivity contribution is 0.165. The summed E-state index contributed by atoms with van der Waals surface area (Å²) in [6.07, 6.45) is 8.07. The fourth-order valence-electron chi connectivity index (χ4n) is 3.22. The highest BCUT2D eigenvalue weighted by atomic mass is 16.5. The summed E-state index contributed by atoms with van der Waals surface area (Å²) < 4.78 is 10.8. The third kappa shape index (κ3) is 3.29. The van der Waals surface area contributed by atoms with E-state index >= 15 is 0 Å². The van der Waals surface area contributed by atoms with Crippen molar-refractivity contribution in [1.29, 1.82) is 0 Å². The molecule has 2 amide bonds. The normalized spacial score (nSPS) is 21.5. The van der Waals surface area contributed by atoms with E-state index < -0.39 is 0 Å². The number of nitrogens with zero attached hydrogens (tertiary/aromatic N) is 3. The molecule has 0 spiro atoms. The third-order valence-electron chi connectivity index (χ3n) is 4.69.